The predicted molar refractivity (Wildman–Crippen MR) is 82.4 cm³/mol. The van der Waals surface area contributed by atoms with Crippen molar-refractivity contribution in [1.82, 2.24) is 0 Å². The van der Waals surface area contributed by atoms with Crippen LogP contribution in [0, 0.1) is 18.3 Å². The van der Waals surface area contributed by atoms with E-state index in [2.05, 4.69) is 27.3 Å². The molecule has 2 aromatic carbocycles. The first-order valence-electron chi connectivity index (χ1n) is 6.14. The predicted octanol–water partition coefficient (Wildman–Crippen LogP) is 3.81. The van der Waals surface area contributed by atoms with E-state index in [1.165, 1.54) is 0 Å². The summed E-state index contributed by atoms with van der Waals surface area (Å²) in [6.45, 7) is 1.97. The van der Waals surface area contributed by atoms with Gasteiger partial charge in [0.25, 0.3) is 0 Å². The number of nitrogens with zero attached hydrogens (tertiary/aromatic N) is 1. The summed E-state index contributed by atoms with van der Waals surface area (Å²) in [7, 11) is 0. The van der Waals surface area contributed by atoms with E-state index >= 15 is 0 Å². The van der Waals surface area contributed by atoms with Gasteiger partial charge in [-0.25, -0.2) is 0 Å². The van der Waals surface area contributed by atoms with Crippen molar-refractivity contribution < 1.29 is 4.79 Å². The van der Waals surface area contributed by atoms with Crippen molar-refractivity contribution in [2.24, 2.45) is 0 Å². The maximum absolute atomic E-state index is 12.0. The highest BCUT2D eigenvalue weighted by Crippen LogP contribution is 2.25. The molecule has 0 atom stereocenters. The number of carbonyl (C=O) groups is 1. The number of anilines is 1. The molecular formula is C16H13BrN2O. The first kappa shape index (κ1) is 14.3. The first-order valence-corrected chi connectivity index (χ1v) is 6.93. The van der Waals surface area contributed by atoms with Crippen LogP contribution in [0.25, 0.3) is 0 Å². The Hall–Kier alpha value is -2.12. The van der Waals surface area contributed by atoms with Crippen LogP contribution in [0.5, 0.6) is 0 Å². The van der Waals surface area contributed by atoms with E-state index in [0.29, 0.717) is 5.56 Å². The number of benzene rings is 2. The molecular weight excluding hydrogens is 316 g/mol. The van der Waals surface area contributed by atoms with Gasteiger partial charge >= 0.3 is 0 Å². The quantitative estimate of drug-likeness (QED) is 0.931. The lowest BCUT2D eigenvalue weighted by Crippen LogP contribution is -2.14. The highest BCUT2D eigenvalue weighted by molar-refractivity contribution is 9.10. The van der Waals surface area contributed by atoms with E-state index in [9.17, 15) is 4.79 Å². The number of nitrogens with one attached hydrogen (secondary N) is 1. The van der Waals surface area contributed by atoms with Gasteiger partial charge in [0.2, 0.25) is 5.91 Å². The van der Waals surface area contributed by atoms with Gasteiger partial charge in [-0.05, 0) is 52.2 Å². The monoisotopic (exact) mass is 328 g/mol. The van der Waals surface area contributed by atoms with Crippen LogP contribution in [-0.2, 0) is 11.2 Å². The maximum Gasteiger partial charge on any atom is 0.228 e. The third-order valence-corrected chi connectivity index (χ3v) is 3.97. The zero-order valence-corrected chi connectivity index (χ0v) is 12.6. The summed E-state index contributed by atoms with van der Waals surface area (Å²) >= 11 is 3.46. The van der Waals surface area contributed by atoms with Gasteiger partial charge in [-0.1, -0.05) is 24.3 Å². The van der Waals surface area contributed by atoms with E-state index in [1.807, 2.05) is 25.1 Å². The Bertz CT molecular complexity index is 672. The zero-order chi connectivity index (χ0) is 14.5. The third-order valence-electron chi connectivity index (χ3n) is 2.91. The van der Waals surface area contributed by atoms with Crippen molar-refractivity contribution in [3.63, 3.8) is 0 Å². The standard InChI is InChI=1S/C16H13BrN2O/c1-11-3-2-4-14(16(11)17)19-15(20)9-12-5-7-13(10-18)8-6-12/h2-8H,9H2,1H3,(H,19,20). The lowest BCUT2D eigenvalue weighted by Gasteiger charge is -2.09. The van der Waals surface area contributed by atoms with Gasteiger partial charge < -0.3 is 5.32 Å². The molecule has 4 heteroatoms. The highest BCUT2D eigenvalue weighted by atomic mass is 79.9. The lowest BCUT2D eigenvalue weighted by molar-refractivity contribution is -0.115. The van der Waals surface area contributed by atoms with E-state index in [0.717, 1.165) is 21.3 Å². The Morgan fingerprint density at radius 1 is 1.25 bits per heavy atom. The minimum atomic E-state index is -0.0824. The first-order chi connectivity index (χ1) is 9.60. The molecule has 0 aliphatic rings. The second-order valence-corrected chi connectivity index (χ2v) is 5.26. The van der Waals surface area contributed by atoms with Gasteiger partial charge in [-0.3, -0.25) is 4.79 Å². The Morgan fingerprint density at radius 3 is 2.60 bits per heavy atom. The van der Waals surface area contributed by atoms with Crippen molar-refractivity contribution >= 4 is 27.5 Å². The molecule has 0 aromatic heterocycles. The van der Waals surface area contributed by atoms with Crippen LogP contribution in [0.2, 0.25) is 0 Å². The number of carbonyl (C=O) groups excluding carboxylic acids is 1. The second-order valence-electron chi connectivity index (χ2n) is 4.47. The van der Waals surface area contributed by atoms with E-state index in [4.69, 9.17) is 5.26 Å². The molecule has 0 radical (unpaired) electrons. The molecule has 0 heterocycles. The second kappa shape index (κ2) is 6.36. The lowest BCUT2D eigenvalue weighted by atomic mass is 10.1. The van der Waals surface area contributed by atoms with Gasteiger partial charge in [0, 0.05) is 4.47 Å². The van der Waals surface area contributed by atoms with Crippen LogP contribution in [0.15, 0.2) is 46.9 Å². The van der Waals surface area contributed by atoms with Crippen LogP contribution in [0.1, 0.15) is 16.7 Å². The van der Waals surface area contributed by atoms with E-state index in [-0.39, 0.29) is 12.3 Å². The minimum absolute atomic E-state index is 0.0824. The number of rotatable bonds is 3. The molecule has 2 aromatic rings. The number of hydrogen-bond donors (Lipinski definition) is 1. The average Bonchev–Trinajstić information content (AvgIpc) is 2.45. The van der Waals surface area contributed by atoms with Crippen molar-refractivity contribution in [3.8, 4) is 6.07 Å². The number of aryl methyl sites for hydroxylation is 1. The smallest absolute Gasteiger partial charge is 0.228 e. The molecule has 0 saturated carbocycles. The van der Waals surface area contributed by atoms with Crippen LogP contribution < -0.4 is 5.32 Å². The van der Waals surface area contributed by atoms with Crippen LogP contribution in [-0.4, -0.2) is 5.91 Å². The molecule has 100 valence electrons. The molecule has 0 fully saturated rings. The van der Waals surface area contributed by atoms with Crippen molar-refractivity contribution in [2.75, 3.05) is 5.32 Å². The van der Waals surface area contributed by atoms with Crippen molar-refractivity contribution in [1.29, 1.82) is 5.26 Å². The Morgan fingerprint density at radius 2 is 1.95 bits per heavy atom. The average molecular weight is 329 g/mol. The number of hydrogen-bond acceptors (Lipinski definition) is 2. The fourth-order valence-electron chi connectivity index (χ4n) is 1.82. The van der Waals surface area contributed by atoms with E-state index < -0.39 is 0 Å². The summed E-state index contributed by atoms with van der Waals surface area (Å²) in [5, 5.41) is 11.6. The molecule has 0 saturated heterocycles. The molecule has 2 rings (SSSR count). The van der Waals surface area contributed by atoms with Crippen molar-refractivity contribution in [3.05, 3.63) is 63.6 Å². The fraction of sp³-hybridized carbons (Fsp3) is 0.125. The summed E-state index contributed by atoms with van der Waals surface area (Å²) in [6.07, 6.45) is 0.284. The molecule has 0 aliphatic heterocycles. The molecule has 20 heavy (non-hydrogen) atoms. The van der Waals surface area contributed by atoms with Gasteiger partial charge in [-0.15, -0.1) is 0 Å². The summed E-state index contributed by atoms with van der Waals surface area (Å²) in [5.74, 6) is -0.0824. The molecule has 1 N–H and O–H groups in total. The van der Waals surface area contributed by atoms with E-state index in [1.54, 1.807) is 24.3 Å². The van der Waals surface area contributed by atoms with Gasteiger partial charge in [0.05, 0.1) is 23.7 Å². The number of halogens is 1. The third kappa shape index (κ3) is 3.46. The molecule has 3 nitrogen and oxygen atoms in total. The summed E-state index contributed by atoms with van der Waals surface area (Å²) in [6, 6.07) is 14.8. The molecule has 0 unspecified atom stereocenters. The molecule has 1 amide bonds. The molecule has 0 aliphatic carbocycles. The van der Waals surface area contributed by atoms with Crippen molar-refractivity contribution in [2.45, 2.75) is 13.3 Å². The topological polar surface area (TPSA) is 52.9 Å². The Kier molecular flexibility index (Phi) is 4.54. The highest BCUT2D eigenvalue weighted by Gasteiger charge is 2.07. The fourth-order valence-corrected chi connectivity index (χ4v) is 2.18. The van der Waals surface area contributed by atoms with Crippen LogP contribution in [0.4, 0.5) is 5.69 Å². The van der Waals surface area contributed by atoms with Crippen LogP contribution in [0.3, 0.4) is 0 Å². The normalized spacial score (nSPS) is 9.85. The Labute approximate surface area is 126 Å². The van der Waals surface area contributed by atoms with Gasteiger partial charge in [0.1, 0.15) is 0 Å². The zero-order valence-electron chi connectivity index (χ0n) is 11.0. The SMILES string of the molecule is Cc1cccc(NC(=O)Cc2ccc(C#N)cc2)c1Br. The largest absolute Gasteiger partial charge is 0.325 e. The van der Waals surface area contributed by atoms with Crippen LogP contribution >= 0.6 is 15.9 Å². The number of nitriles is 1. The van der Waals surface area contributed by atoms with Gasteiger partial charge in [0.15, 0.2) is 0 Å². The summed E-state index contributed by atoms with van der Waals surface area (Å²) < 4.78 is 0.896. The minimum Gasteiger partial charge on any atom is -0.325 e. The van der Waals surface area contributed by atoms with Gasteiger partial charge in [-0.2, -0.15) is 5.26 Å². The summed E-state index contributed by atoms with van der Waals surface area (Å²) in [4.78, 5) is 12.0. The molecule has 0 spiro atoms. The maximum atomic E-state index is 12.0. The number of amides is 1. The molecule has 0 bridgehead atoms. The summed E-state index contributed by atoms with van der Waals surface area (Å²) in [5.41, 5.74) is 3.31. The Balaban J connectivity index is 2.05.